The van der Waals surface area contributed by atoms with Crippen molar-refractivity contribution in [2.75, 3.05) is 0 Å². The van der Waals surface area contributed by atoms with Gasteiger partial charge in [0.05, 0.1) is 11.8 Å². The van der Waals surface area contributed by atoms with Crippen LogP contribution >= 0.6 is 0 Å². The number of hydrogen-bond acceptors (Lipinski definition) is 3. The zero-order valence-corrected chi connectivity index (χ0v) is 18.2. The van der Waals surface area contributed by atoms with Crippen LogP contribution in [0.15, 0.2) is 11.6 Å². The van der Waals surface area contributed by atoms with Gasteiger partial charge in [-0.05, 0) is 68.1 Å². The summed E-state index contributed by atoms with van der Waals surface area (Å²) in [7, 11) is 0. The zero-order valence-electron chi connectivity index (χ0n) is 18.2. The van der Waals surface area contributed by atoms with Crippen LogP contribution in [0.5, 0.6) is 0 Å². The van der Waals surface area contributed by atoms with Gasteiger partial charge in [-0.2, -0.15) is 0 Å². The van der Waals surface area contributed by atoms with E-state index >= 15 is 0 Å². The molecule has 4 nitrogen and oxygen atoms in total. The van der Waals surface area contributed by atoms with E-state index in [0.29, 0.717) is 11.8 Å². The van der Waals surface area contributed by atoms with Crippen molar-refractivity contribution >= 4 is 17.5 Å². The first-order valence-electron chi connectivity index (χ1n) is 11.6. The summed E-state index contributed by atoms with van der Waals surface area (Å²) in [5.41, 5.74) is 0.414. The Balaban J connectivity index is 1.67. The van der Waals surface area contributed by atoms with E-state index in [0.717, 1.165) is 38.5 Å². The lowest BCUT2D eigenvalue weighted by molar-refractivity contribution is -0.194. The lowest BCUT2D eigenvalue weighted by Gasteiger charge is -2.68. The Morgan fingerprint density at radius 3 is 2.48 bits per heavy atom. The van der Waals surface area contributed by atoms with Crippen LogP contribution in [0.4, 0.5) is 0 Å². The second-order valence-electron chi connectivity index (χ2n) is 11.6. The molecule has 0 aliphatic heterocycles. The van der Waals surface area contributed by atoms with E-state index in [1.807, 2.05) is 6.92 Å². The van der Waals surface area contributed by atoms with Gasteiger partial charge in [-0.15, -0.1) is 0 Å². The molecule has 0 amide bonds. The quantitative estimate of drug-likeness (QED) is 0.542. The van der Waals surface area contributed by atoms with Crippen molar-refractivity contribution in [1.29, 1.82) is 0 Å². The Kier molecular flexibility index (Phi) is 3.92. The first kappa shape index (κ1) is 19.5. The molecule has 158 valence electrons. The van der Waals surface area contributed by atoms with Crippen LogP contribution in [0, 0.1) is 51.8 Å². The number of hydrogen-bond donors (Lipinski definition) is 1. The van der Waals surface area contributed by atoms with Crippen LogP contribution in [0.3, 0.4) is 0 Å². The molecule has 1 N–H and O–H groups in total. The molecule has 4 fully saturated rings. The van der Waals surface area contributed by atoms with Crippen molar-refractivity contribution in [3.8, 4) is 0 Å². The minimum atomic E-state index is -0.676. The molecule has 8 unspecified atom stereocenters. The highest BCUT2D eigenvalue weighted by molar-refractivity contribution is 6.09. The summed E-state index contributed by atoms with van der Waals surface area (Å²) in [6.07, 6.45) is 7.99. The van der Waals surface area contributed by atoms with Crippen LogP contribution in [-0.2, 0) is 14.4 Å². The van der Waals surface area contributed by atoms with Crippen molar-refractivity contribution < 1.29 is 19.5 Å². The normalized spacial score (nSPS) is 50.8. The van der Waals surface area contributed by atoms with E-state index in [9.17, 15) is 19.5 Å². The van der Waals surface area contributed by atoms with Crippen LogP contribution in [0.25, 0.3) is 0 Å². The number of rotatable bonds is 2. The number of allylic oxidation sites excluding steroid dienone is 2. The number of ketones is 2. The van der Waals surface area contributed by atoms with E-state index in [-0.39, 0.29) is 52.5 Å². The van der Waals surface area contributed by atoms with E-state index in [2.05, 4.69) is 26.8 Å². The maximum absolute atomic E-state index is 13.1. The SMILES string of the molecule is CC(C)C1=CC23CCC4C(C)(C(=O)O)CCCC4(C)C2CC1C1C(=O)CC(=O)C13. The summed E-state index contributed by atoms with van der Waals surface area (Å²) >= 11 is 0. The molecule has 0 saturated heterocycles. The minimum absolute atomic E-state index is 0.0716. The van der Waals surface area contributed by atoms with Crippen molar-refractivity contribution in [2.45, 2.75) is 72.6 Å². The maximum Gasteiger partial charge on any atom is 0.309 e. The summed E-state index contributed by atoms with van der Waals surface area (Å²) < 4.78 is 0. The van der Waals surface area contributed by atoms with Gasteiger partial charge in [-0.1, -0.05) is 38.8 Å². The molecule has 4 heteroatoms. The van der Waals surface area contributed by atoms with Crippen LogP contribution in [-0.4, -0.2) is 22.6 Å². The smallest absolute Gasteiger partial charge is 0.309 e. The number of carbonyl (C=O) groups is 3. The van der Waals surface area contributed by atoms with Gasteiger partial charge in [0, 0.05) is 17.3 Å². The Morgan fingerprint density at radius 1 is 1.10 bits per heavy atom. The van der Waals surface area contributed by atoms with Gasteiger partial charge in [0.1, 0.15) is 11.6 Å². The maximum atomic E-state index is 13.1. The van der Waals surface area contributed by atoms with Gasteiger partial charge in [0.15, 0.2) is 0 Å². The third-order valence-electron chi connectivity index (χ3n) is 10.2. The monoisotopic (exact) mass is 398 g/mol. The van der Waals surface area contributed by atoms with Gasteiger partial charge in [0.25, 0.3) is 0 Å². The summed E-state index contributed by atoms with van der Waals surface area (Å²) in [4.78, 5) is 38.3. The molecule has 2 bridgehead atoms. The Morgan fingerprint density at radius 2 is 1.83 bits per heavy atom. The Bertz CT molecular complexity index is 840. The number of Topliss-reactive ketones (excluding diaryl/α,β-unsaturated/α-hetero) is 2. The predicted octanol–water partition coefficient (Wildman–Crippen LogP) is 4.67. The average molecular weight is 399 g/mol. The fraction of sp³-hybridized carbons (Fsp3) is 0.800. The molecule has 0 aromatic heterocycles. The second kappa shape index (κ2) is 5.82. The Labute approximate surface area is 173 Å². The second-order valence-corrected chi connectivity index (χ2v) is 11.6. The zero-order chi connectivity index (χ0) is 20.9. The highest BCUT2D eigenvalue weighted by Gasteiger charge is 2.71. The first-order valence-corrected chi connectivity index (χ1v) is 11.6. The summed E-state index contributed by atoms with van der Waals surface area (Å²) in [6, 6.07) is 0. The fourth-order valence-corrected chi connectivity index (χ4v) is 9.17. The summed E-state index contributed by atoms with van der Waals surface area (Å²) in [5.74, 6) is 0.437. The average Bonchev–Trinajstić information content (AvgIpc) is 2.97. The van der Waals surface area contributed by atoms with Gasteiger partial charge in [-0.3, -0.25) is 14.4 Å². The molecule has 6 aliphatic carbocycles. The molecule has 29 heavy (non-hydrogen) atoms. The van der Waals surface area contributed by atoms with E-state index in [4.69, 9.17) is 0 Å². The van der Waals surface area contributed by atoms with Crippen molar-refractivity contribution in [1.82, 2.24) is 0 Å². The topological polar surface area (TPSA) is 71.4 Å². The van der Waals surface area contributed by atoms with E-state index in [1.54, 1.807) is 0 Å². The van der Waals surface area contributed by atoms with E-state index < -0.39 is 11.4 Å². The molecular formula is C25H34O4. The lowest BCUT2D eigenvalue weighted by atomic mass is 9.34. The fourth-order valence-electron chi connectivity index (χ4n) is 9.17. The summed E-state index contributed by atoms with van der Waals surface area (Å²) in [5, 5.41) is 10.1. The standard InChI is InChI=1S/C25H34O4/c1-13(2)15-12-25-9-6-18-23(3,7-5-8-24(18,4)22(28)29)19(25)10-14(15)20-16(26)11-17(27)21(20)25/h12-14,18-21H,5-11H2,1-4H3,(H,28,29). The number of carboxylic acid groups (broad SMARTS) is 1. The van der Waals surface area contributed by atoms with Crippen molar-refractivity contribution in [3.63, 3.8) is 0 Å². The predicted molar refractivity (Wildman–Crippen MR) is 109 cm³/mol. The molecule has 6 rings (SSSR count). The van der Waals surface area contributed by atoms with Crippen molar-refractivity contribution in [3.05, 3.63) is 11.6 Å². The first-order chi connectivity index (χ1) is 13.6. The van der Waals surface area contributed by atoms with Crippen LogP contribution < -0.4 is 0 Å². The van der Waals surface area contributed by atoms with Crippen molar-refractivity contribution in [2.24, 2.45) is 51.8 Å². The molecule has 4 saturated carbocycles. The van der Waals surface area contributed by atoms with E-state index in [1.165, 1.54) is 5.57 Å². The molecule has 0 aromatic rings. The summed E-state index contributed by atoms with van der Waals surface area (Å²) in [6.45, 7) is 8.70. The van der Waals surface area contributed by atoms with Gasteiger partial charge in [0.2, 0.25) is 0 Å². The van der Waals surface area contributed by atoms with Gasteiger partial charge >= 0.3 is 5.97 Å². The number of fused-ring (bicyclic) bond motifs is 1. The van der Waals surface area contributed by atoms with Crippen LogP contribution in [0.2, 0.25) is 0 Å². The Hall–Kier alpha value is -1.45. The highest BCUT2D eigenvalue weighted by atomic mass is 16.4. The molecular weight excluding hydrogens is 364 g/mol. The third-order valence-corrected chi connectivity index (χ3v) is 10.2. The molecule has 0 radical (unpaired) electrons. The molecule has 0 heterocycles. The van der Waals surface area contributed by atoms with Gasteiger partial charge < -0.3 is 5.11 Å². The highest BCUT2D eigenvalue weighted by Crippen LogP contribution is 2.74. The molecule has 0 aromatic carbocycles. The molecule has 1 spiro atoms. The third kappa shape index (κ3) is 2.19. The molecule has 8 atom stereocenters. The minimum Gasteiger partial charge on any atom is -0.481 e. The number of carbonyl (C=O) groups excluding carboxylic acids is 2. The van der Waals surface area contributed by atoms with Gasteiger partial charge in [-0.25, -0.2) is 0 Å². The molecule has 6 aliphatic rings. The number of aliphatic carboxylic acids is 1. The number of carboxylic acids is 1. The van der Waals surface area contributed by atoms with Crippen LogP contribution in [0.1, 0.15) is 72.6 Å². The lowest BCUT2D eigenvalue weighted by Crippen LogP contribution is -2.65. The largest absolute Gasteiger partial charge is 0.481 e.